The zero-order valence-electron chi connectivity index (χ0n) is 11.0. The fourth-order valence-corrected chi connectivity index (χ4v) is 3.39. The molecular formula is C16H12N2O2S. The van der Waals surface area contributed by atoms with Gasteiger partial charge < -0.3 is 4.74 Å². The Bertz CT molecular complexity index is 804. The van der Waals surface area contributed by atoms with Crippen molar-refractivity contribution in [2.24, 2.45) is 0 Å². The van der Waals surface area contributed by atoms with Gasteiger partial charge in [-0.15, -0.1) is 0 Å². The second-order valence-electron chi connectivity index (χ2n) is 4.69. The molecule has 21 heavy (non-hydrogen) atoms. The highest BCUT2D eigenvalue weighted by atomic mass is 32.2. The summed E-state index contributed by atoms with van der Waals surface area (Å²) in [4.78, 5) is 5.36. The van der Waals surface area contributed by atoms with E-state index in [1.807, 2.05) is 54.6 Å². The summed E-state index contributed by atoms with van der Waals surface area (Å²) in [5.41, 5.74) is 1.06. The third kappa shape index (κ3) is 2.11. The Balaban J connectivity index is 1.68. The zero-order chi connectivity index (χ0) is 14.2. The molecule has 5 heteroatoms. The predicted octanol–water partition coefficient (Wildman–Crippen LogP) is 3.90. The maximum atomic E-state index is 10.2. The SMILES string of the molecule is ON1c2ccccc2SC1Oc1cccc2cccnc12. The third-order valence-corrected chi connectivity index (χ3v) is 4.46. The molecule has 4 rings (SSSR count). The molecule has 1 aromatic heterocycles. The molecule has 2 heterocycles. The van der Waals surface area contributed by atoms with Crippen molar-refractivity contribution < 1.29 is 9.94 Å². The van der Waals surface area contributed by atoms with Crippen LogP contribution in [0.5, 0.6) is 5.75 Å². The van der Waals surface area contributed by atoms with E-state index >= 15 is 0 Å². The molecule has 1 aliphatic heterocycles. The molecule has 0 radical (unpaired) electrons. The number of ether oxygens (including phenoxy) is 1. The highest BCUT2D eigenvalue weighted by molar-refractivity contribution is 8.00. The quantitative estimate of drug-likeness (QED) is 0.777. The molecular weight excluding hydrogens is 284 g/mol. The van der Waals surface area contributed by atoms with Gasteiger partial charge in [0.2, 0.25) is 5.56 Å². The van der Waals surface area contributed by atoms with Crippen molar-refractivity contribution in [3.05, 3.63) is 60.8 Å². The van der Waals surface area contributed by atoms with Crippen LogP contribution in [0.4, 0.5) is 5.69 Å². The van der Waals surface area contributed by atoms with Gasteiger partial charge in [-0.25, -0.2) is 5.06 Å². The highest BCUT2D eigenvalue weighted by Gasteiger charge is 2.31. The van der Waals surface area contributed by atoms with Crippen LogP contribution in [0.25, 0.3) is 10.9 Å². The van der Waals surface area contributed by atoms with E-state index in [0.717, 1.165) is 26.5 Å². The zero-order valence-corrected chi connectivity index (χ0v) is 11.8. The van der Waals surface area contributed by atoms with Crippen molar-refractivity contribution in [3.8, 4) is 5.75 Å². The number of hydroxylamine groups is 1. The van der Waals surface area contributed by atoms with Crippen LogP contribution < -0.4 is 9.80 Å². The first-order valence-electron chi connectivity index (χ1n) is 6.57. The molecule has 3 aromatic rings. The van der Waals surface area contributed by atoms with E-state index in [9.17, 15) is 5.21 Å². The van der Waals surface area contributed by atoms with Crippen molar-refractivity contribution in [1.29, 1.82) is 0 Å². The molecule has 1 aliphatic rings. The van der Waals surface area contributed by atoms with Gasteiger partial charge in [0, 0.05) is 16.5 Å². The summed E-state index contributed by atoms with van der Waals surface area (Å²) >= 11 is 1.47. The Morgan fingerprint density at radius 2 is 1.90 bits per heavy atom. The standard InChI is InChI=1S/C16H12N2O2S/c19-18-12-7-1-2-9-14(12)21-16(18)20-13-8-3-5-11-6-4-10-17-15(11)13/h1-10,16,19H. The van der Waals surface area contributed by atoms with E-state index < -0.39 is 5.56 Å². The second kappa shape index (κ2) is 4.95. The molecule has 1 N–H and O–H groups in total. The minimum Gasteiger partial charge on any atom is -0.456 e. The normalized spacial score (nSPS) is 17.0. The summed E-state index contributed by atoms with van der Waals surface area (Å²) in [6.07, 6.45) is 1.74. The van der Waals surface area contributed by atoms with E-state index in [-0.39, 0.29) is 0 Å². The topological polar surface area (TPSA) is 45.6 Å². The van der Waals surface area contributed by atoms with Gasteiger partial charge in [-0.05, 0) is 24.3 Å². The Hall–Kier alpha value is -2.24. The first-order chi connectivity index (χ1) is 10.3. The smallest absolute Gasteiger partial charge is 0.247 e. The number of nitrogens with zero attached hydrogens (tertiary/aromatic N) is 2. The Labute approximate surface area is 125 Å². The fraction of sp³-hybridized carbons (Fsp3) is 0.0625. The van der Waals surface area contributed by atoms with E-state index in [1.165, 1.54) is 11.8 Å². The lowest BCUT2D eigenvalue weighted by Gasteiger charge is -2.20. The lowest BCUT2D eigenvalue weighted by molar-refractivity contribution is 0.147. The van der Waals surface area contributed by atoms with Crippen LogP contribution >= 0.6 is 11.8 Å². The summed E-state index contributed by atoms with van der Waals surface area (Å²) in [5.74, 6) is 0.664. The van der Waals surface area contributed by atoms with Crippen LogP contribution in [-0.4, -0.2) is 15.8 Å². The number of thioether (sulfide) groups is 1. The summed E-state index contributed by atoms with van der Waals surface area (Å²) in [5, 5.41) is 12.4. The first-order valence-corrected chi connectivity index (χ1v) is 7.45. The maximum Gasteiger partial charge on any atom is 0.247 e. The predicted molar refractivity (Wildman–Crippen MR) is 82.7 cm³/mol. The monoisotopic (exact) mass is 296 g/mol. The fourth-order valence-electron chi connectivity index (χ4n) is 2.37. The van der Waals surface area contributed by atoms with Crippen LogP contribution in [0, 0.1) is 0 Å². The minimum atomic E-state index is -0.505. The number of para-hydroxylation sites is 2. The van der Waals surface area contributed by atoms with Gasteiger partial charge in [-0.2, -0.15) is 0 Å². The van der Waals surface area contributed by atoms with Crippen LogP contribution in [0.2, 0.25) is 0 Å². The lowest BCUT2D eigenvalue weighted by atomic mass is 10.2. The molecule has 0 bridgehead atoms. The summed E-state index contributed by atoms with van der Waals surface area (Å²) in [6, 6.07) is 17.3. The molecule has 0 amide bonds. The number of anilines is 1. The largest absolute Gasteiger partial charge is 0.456 e. The minimum absolute atomic E-state index is 0.505. The Morgan fingerprint density at radius 1 is 1.05 bits per heavy atom. The molecule has 0 saturated carbocycles. The third-order valence-electron chi connectivity index (χ3n) is 3.36. The second-order valence-corrected chi connectivity index (χ2v) is 5.77. The van der Waals surface area contributed by atoms with Crippen LogP contribution in [0.3, 0.4) is 0 Å². The molecule has 1 unspecified atom stereocenters. The molecule has 104 valence electrons. The number of fused-ring (bicyclic) bond motifs is 2. The summed E-state index contributed by atoms with van der Waals surface area (Å²) in [6.45, 7) is 0. The van der Waals surface area contributed by atoms with Crippen LogP contribution in [0.1, 0.15) is 0 Å². The van der Waals surface area contributed by atoms with Crippen molar-refractivity contribution in [1.82, 2.24) is 4.98 Å². The van der Waals surface area contributed by atoms with Gasteiger partial charge in [0.15, 0.2) is 0 Å². The lowest BCUT2D eigenvalue weighted by Crippen LogP contribution is -2.30. The number of pyridine rings is 1. The van der Waals surface area contributed by atoms with E-state index in [2.05, 4.69) is 4.98 Å². The first kappa shape index (κ1) is 12.5. The van der Waals surface area contributed by atoms with Crippen molar-refractivity contribution in [3.63, 3.8) is 0 Å². The molecule has 0 fully saturated rings. The van der Waals surface area contributed by atoms with Gasteiger partial charge in [0.05, 0.1) is 5.69 Å². The number of aromatic nitrogens is 1. The summed E-state index contributed by atoms with van der Waals surface area (Å²) < 4.78 is 5.96. The summed E-state index contributed by atoms with van der Waals surface area (Å²) in [7, 11) is 0. The van der Waals surface area contributed by atoms with Gasteiger partial charge in [-0.1, -0.05) is 42.1 Å². The highest BCUT2D eigenvalue weighted by Crippen LogP contribution is 2.43. The maximum absolute atomic E-state index is 10.2. The molecule has 0 spiro atoms. The molecule has 2 aromatic carbocycles. The average Bonchev–Trinajstić information content (AvgIpc) is 2.85. The van der Waals surface area contributed by atoms with Crippen molar-refractivity contribution in [2.45, 2.75) is 10.5 Å². The van der Waals surface area contributed by atoms with Gasteiger partial charge in [0.1, 0.15) is 11.3 Å². The number of hydrogen-bond donors (Lipinski definition) is 1. The molecule has 0 aliphatic carbocycles. The molecule has 0 saturated heterocycles. The molecule has 1 atom stereocenters. The number of benzene rings is 2. The van der Waals surface area contributed by atoms with Crippen LogP contribution in [-0.2, 0) is 0 Å². The van der Waals surface area contributed by atoms with E-state index in [0.29, 0.717) is 5.75 Å². The van der Waals surface area contributed by atoms with Gasteiger partial charge >= 0.3 is 0 Å². The number of rotatable bonds is 2. The average molecular weight is 296 g/mol. The molecule has 4 nitrogen and oxygen atoms in total. The van der Waals surface area contributed by atoms with Gasteiger partial charge in [0.25, 0.3) is 0 Å². The van der Waals surface area contributed by atoms with Crippen molar-refractivity contribution >= 4 is 28.4 Å². The Kier molecular flexibility index (Phi) is 2.94. The van der Waals surface area contributed by atoms with Gasteiger partial charge in [-0.3, -0.25) is 10.2 Å². The van der Waals surface area contributed by atoms with Crippen molar-refractivity contribution in [2.75, 3.05) is 5.06 Å². The van der Waals surface area contributed by atoms with E-state index in [1.54, 1.807) is 6.20 Å². The number of hydrogen-bond acceptors (Lipinski definition) is 5. The van der Waals surface area contributed by atoms with Crippen LogP contribution in [0.15, 0.2) is 65.7 Å². The van der Waals surface area contributed by atoms with E-state index in [4.69, 9.17) is 4.74 Å². The Morgan fingerprint density at radius 3 is 2.81 bits per heavy atom.